The Bertz CT molecular complexity index is 463. The van der Waals surface area contributed by atoms with Crippen LogP contribution in [-0.4, -0.2) is 23.5 Å². The second-order valence-corrected chi connectivity index (χ2v) is 4.95. The van der Waals surface area contributed by atoms with E-state index in [0.29, 0.717) is 23.8 Å². The summed E-state index contributed by atoms with van der Waals surface area (Å²) in [5.41, 5.74) is 0.521. The lowest BCUT2D eigenvalue weighted by Crippen LogP contribution is -2.19. The lowest BCUT2D eigenvalue weighted by Gasteiger charge is -2.25. The molecule has 1 N–H and O–H groups in total. The van der Waals surface area contributed by atoms with Gasteiger partial charge in [0.1, 0.15) is 5.75 Å². The van der Waals surface area contributed by atoms with E-state index in [1.807, 2.05) is 6.07 Å². The molecule has 0 aliphatic heterocycles. The molecule has 0 amide bonds. The van der Waals surface area contributed by atoms with Gasteiger partial charge < -0.3 is 9.84 Å². The van der Waals surface area contributed by atoms with Gasteiger partial charge in [0.25, 0.3) is 0 Å². The molecule has 0 aromatic heterocycles. The quantitative estimate of drug-likeness (QED) is 0.767. The standard InChI is InChI=1S/C15H18O4/c16-14(7-8-15(17)18)12-5-2-6-13(9-12)19-10-11-3-1-4-11/h2,5-6,9,11H,1,3-4,7-8,10H2,(H,17,18). The third-order valence-corrected chi connectivity index (χ3v) is 3.43. The van der Waals surface area contributed by atoms with Crippen LogP contribution >= 0.6 is 0 Å². The number of rotatable bonds is 7. The largest absolute Gasteiger partial charge is 0.493 e. The van der Waals surface area contributed by atoms with Crippen LogP contribution in [0.5, 0.6) is 5.75 Å². The van der Waals surface area contributed by atoms with E-state index in [9.17, 15) is 9.59 Å². The fourth-order valence-corrected chi connectivity index (χ4v) is 2.00. The highest BCUT2D eigenvalue weighted by Gasteiger charge is 2.18. The molecular weight excluding hydrogens is 244 g/mol. The maximum Gasteiger partial charge on any atom is 0.303 e. The lowest BCUT2D eigenvalue weighted by atomic mass is 9.86. The first-order valence-electron chi connectivity index (χ1n) is 6.63. The third-order valence-electron chi connectivity index (χ3n) is 3.43. The summed E-state index contributed by atoms with van der Waals surface area (Å²) in [5.74, 6) is 0.224. The smallest absolute Gasteiger partial charge is 0.303 e. The maximum atomic E-state index is 11.8. The third kappa shape index (κ3) is 4.09. The number of ketones is 1. The Morgan fingerprint density at radius 2 is 2.05 bits per heavy atom. The van der Waals surface area contributed by atoms with E-state index in [2.05, 4.69) is 0 Å². The van der Waals surface area contributed by atoms with Crippen LogP contribution in [-0.2, 0) is 4.79 Å². The van der Waals surface area contributed by atoms with E-state index in [0.717, 1.165) is 0 Å². The van der Waals surface area contributed by atoms with Crippen LogP contribution in [0.4, 0.5) is 0 Å². The second kappa shape index (κ2) is 6.36. The van der Waals surface area contributed by atoms with Crippen LogP contribution in [0, 0.1) is 5.92 Å². The van der Waals surface area contributed by atoms with E-state index < -0.39 is 5.97 Å². The Morgan fingerprint density at radius 1 is 1.26 bits per heavy atom. The van der Waals surface area contributed by atoms with Gasteiger partial charge in [0.2, 0.25) is 0 Å². The van der Waals surface area contributed by atoms with Crippen LogP contribution < -0.4 is 4.74 Å². The molecule has 1 aliphatic rings. The molecule has 1 aliphatic carbocycles. The van der Waals surface area contributed by atoms with Crippen LogP contribution in [0.2, 0.25) is 0 Å². The van der Waals surface area contributed by atoms with Crippen molar-refractivity contribution < 1.29 is 19.4 Å². The van der Waals surface area contributed by atoms with Crippen molar-refractivity contribution in [2.45, 2.75) is 32.1 Å². The molecule has 4 nitrogen and oxygen atoms in total. The SMILES string of the molecule is O=C(O)CCC(=O)c1cccc(OCC2CCC2)c1. The summed E-state index contributed by atoms with van der Waals surface area (Å²) in [6.07, 6.45) is 3.61. The Hall–Kier alpha value is -1.84. The fourth-order valence-electron chi connectivity index (χ4n) is 2.00. The van der Waals surface area contributed by atoms with Crippen molar-refractivity contribution in [3.05, 3.63) is 29.8 Å². The van der Waals surface area contributed by atoms with Crippen LogP contribution in [0.1, 0.15) is 42.5 Å². The number of benzene rings is 1. The molecule has 0 unspecified atom stereocenters. The molecule has 4 heteroatoms. The molecule has 1 fully saturated rings. The molecule has 0 atom stereocenters. The molecule has 0 saturated heterocycles. The minimum absolute atomic E-state index is 0.0292. The first kappa shape index (κ1) is 13.6. The molecule has 102 valence electrons. The van der Waals surface area contributed by atoms with Gasteiger partial charge in [0, 0.05) is 12.0 Å². The summed E-state index contributed by atoms with van der Waals surface area (Å²) >= 11 is 0. The molecule has 19 heavy (non-hydrogen) atoms. The number of hydrogen-bond donors (Lipinski definition) is 1. The Morgan fingerprint density at radius 3 is 2.68 bits per heavy atom. The monoisotopic (exact) mass is 262 g/mol. The second-order valence-electron chi connectivity index (χ2n) is 4.95. The predicted molar refractivity (Wildman–Crippen MR) is 70.5 cm³/mol. The van der Waals surface area contributed by atoms with Crippen molar-refractivity contribution in [3.63, 3.8) is 0 Å². The highest BCUT2D eigenvalue weighted by atomic mass is 16.5. The molecule has 1 saturated carbocycles. The number of ether oxygens (including phenoxy) is 1. The van der Waals surface area contributed by atoms with Crippen molar-refractivity contribution in [1.29, 1.82) is 0 Å². The summed E-state index contributed by atoms with van der Waals surface area (Å²) in [4.78, 5) is 22.2. The summed E-state index contributed by atoms with van der Waals surface area (Å²) < 4.78 is 5.66. The zero-order valence-corrected chi connectivity index (χ0v) is 10.8. The average Bonchev–Trinajstić information content (AvgIpc) is 2.34. The number of hydrogen-bond acceptors (Lipinski definition) is 3. The number of Topliss-reactive ketones (excluding diaryl/α,β-unsaturated/α-hetero) is 1. The van der Waals surface area contributed by atoms with Crippen LogP contribution in [0.15, 0.2) is 24.3 Å². The number of carboxylic acid groups (broad SMARTS) is 1. The number of carbonyl (C=O) groups is 2. The van der Waals surface area contributed by atoms with Crippen molar-refractivity contribution in [2.75, 3.05) is 6.61 Å². The van der Waals surface area contributed by atoms with Crippen molar-refractivity contribution in [3.8, 4) is 5.75 Å². The molecule has 1 aromatic carbocycles. The highest BCUT2D eigenvalue weighted by Crippen LogP contribution is 2.27. The minimum atomic E-state index is -0.953. The summed E-state index contributed by atoms with van der Waals surface area (Å²) in [6, 6.07) is 6.99. The summed E-state index contributed by atoms with van der Waals surface area (Å²) in [7, 11) is 0. The van der Waals surface area contributed by atoms with Crippen molar-refractivity contribution in [2.24, 2.45) is 5.92 Å². The topological polar surface area (TPSA) is 63.6 Å². The lowest BCUT2D eigenvalue weighted by molar-refractivity contribution is -0.136. The van der Waals surface area contributed by atoms with Gasteiger partial charge >= 0.3 is 5.97 Å². The molecule has 0 heterocycles. The van der Waals surface area contributed by atoms with Gasteiger partial charge in [-0.15, -0.1) is 0 Å². The van der Waals surface area contributed by atoms with Crippen molar-refractivity contribution in [1.82, 2.24) is 0 Å². The molecule has 0 radical (unpaired) electrons. The van der Waals surface area contributed by atoms with Gasteiger partial charge in [-0.1, -0.05) is 18.6 Å². The summed E-state index contributed by atoms with van der Waals surface area (Å²) in [6.45, 7) is 0.701. The van der Waals surface area contributed by atoms with E-state index >= 15 is 0 Å². The van der Waals surface area contributed by atoms with Crippen LogP contribution in [0.3, 0.4) is 0 Å². The van der Waals surface area contributed by atoms with E-state index in [-0.39, 0.29) is 18.6 Å². The molecule has 1 aromatic rings. The van der Waals surface area contributed by atoms with Gasteiger partial charge in [-0.25, -0.2) is 0 Å². The Balaban J connectivity index is 1.89. The zero-order valence-electron chi connectivity index (χ0n) is 10.8. The number of carbonyl (C=O) groups excluding carboxylic acids is 1. The Kier molecular flexibility index (Phi) is 4.55. The van der Waals surface area contributed by atoms with Crippen molar-refractivity contribution >= 4 is 11.8 Å². The van der Waals surface area contributed by atoms with Gasteiger partial charge in [-0.05, 0) is 30.9 Å². The fraction of sp³-hybridized carbons (Fsp3) is 0.467. The minimum Gasteiger partial charge on any atom is -0.493 e. The number of aliphatic carboxylic acids is 1. The Labute approximate surface area is 112 Å². The maximum absolute atomic E-state index is 11.8. The normalized spacial score (nSPS) is 14.7. The van der Waals surface area contributed by atoms with E-state index in [4.69, 9.17) is 9.84 Å². The predicted octanol–water partition coefficient (Wildman–Crippen LogP) is 2.91. The zero-order chi connectivity index (χ0) is 13.7. The van der Waals surface area contributed by atoms with E-state index in [1.165, 1.54) is 19.3 Å². The first-order valence-corrected chi connectivity index (χ1v) is 6.63. The molecule has 0 spiro atoms. The molecule has 2 rings (SSSR count). The van der Waals surface area contributed by atoms with Gasteiger partial charge in [0.15, 0.2) is 5.78 Å². The molecule has 0 bridgehead atoms. The molecular formula is C15H18O4. The summed E-state index contributed by atoms with van der Waals surface area (Å²) in [5, 5.41) is 8.57. The first-order chi connectivity index (χ1) is 9.15. The highest BCUT2D eigenvalue weighted by molar-refractivity contribution is 5.97. The van der Waals surface area contributed by atoms with E-state index in [1.54, 1.807) is 18.2 Å². The van der Waals surface area contributed by atoms with Gasteiger partial charge in [-0.3, -0.25) is 9.59 Å². The van der Waals surface area contributed by atoms with Crippen LogP contribution in [0.25, 0.3) is 0 Å². The average molecular weight is 262 g/mol. The van der Waals surface area contributed by atoms with Gasteiger partial charge in [-0.2, -0.15) is 0 Å². The van der Waals surface area contributed by atoms with Gasteiger partial charge in [0.05, 0.1) is 13.0 Å². The number of carboxylic acids is 1.